The SMILES string of the molecule is CC1(CNc2ccc(C(=O)O)c(Cl)c2)CCCC1. The van der Waals surface area contributed by atoms with Crippen LogP contribution in [0.25, 0.3) is 0 Å². The van der Waals surface area contributed by atoms with Gasteiger partial charge < -0.3 is 10.4 Å². The van der Waals surface area contributed by atoms with E-state index in [1.54, 1.807) is 18.2 Å². The van der Waals surface area contributed by atoms with Crippen LogP contribution in [-0.4, -0.2) is 17.6 Å². The van der Waals surface area contributed by atoms with Crippen molar-refractivity contribution in [2.24, 2.45) is 5.41 Å². The topological polar surface area (TPSA) is 49.3 Å². The molecule has 0 amide bonds. The van der Waals surface area contributed by atoms with Crippen molar-refractivity contribution in [1.82, 2.24) is 0 Å². The Kier molecular flexibility index (Phi) is 3.81. The standard InChI is InChI=1S/C14H18ClNO2/c1-14(6-2-3-7-14)9-16-10-4-5-11(13(17)18)12(15)8-10/h4-5,8,16H,2-3,6-7,9H2,1H3,(H,17,18). The van der Waals surface area contributed by atoms with E-state index in [2.05, 4.69) is 12.2 Å². The van der Waals surface area contributed by atoms with Gasteiger partial charge in [0.05, 0.1) is 10.6 Å². The molecule has 0 aromatic heterocycles. The predicted octanol–water partition coefficient (Wildman–Crippen LogP) is 4.03. The summed E-state index contributed by atoms with van der Waals surface area (Å²) in [5, 5.41) is 12.5. The Morgan fingerprint density at radius 3 is 2.67 bits per heavy atom. The third-order valence-corrected chi connectivity index (χ3v) is 4.04. The molecule has 1 aliphatic carbocycles. The number of benzene rings is 1. The molecular formula is C14H18ClNO2. The van der Waals surface area contributed by atoms with E-state index in [-0.39, 0.29) is 10.6 Å². The molecule has 1 aromatic rings. The summed E-state index contributed by atoms with van der Waals surface area (Å²) < 4.78 is 0. The summed E-state index contributed by atoms with van der Waals surface area (Å²) in [6, 6.07) is 5.00. The summed E-state index contributed by atoms with van der Waals surface area (Å²) in [7, 11) is 0. The maximum atomic E-state index is 10.8. The number of rotatable bonds is 4. The van der Waals surface area contributed by atoms with Crippen molar-refractivity contribution in [2.45, 2.75) is 32.6 Å². The second-order valence-corrected chi connectivity index (χ2v) is 5.78. The predicted molar refractivity (Wildman–Crippen MR) is 73.5 cm³/mol. The zero-order valence-electron chi connectivity index (χ0n) is 10.5. The highest BCUT2D eigenvalue weighted by Gasteiger charge is 2.28. The van der Waals surface area contributed by atoms with Gasteiger partial charge in [-0.05, 0) is 36.5 Å². The molecule has 1 aromatic carbocycles. The Hall–Kier alpha value is -1.22. The fraction of sp³-hybridized carbons (Fsp3) is 0.500. The van der Waals surface area contributed by atoms with Crippen LogP contribution in [0.5, 0.6) is 0 Å². The first kappa shape index (κ1) is 13.2. The van der Waals surface area contributed by atoms with Crippen molar-refractivity contribution in [3.8, 4) is 0 Å². The average Bonchev–Trinajstić information content (AvgIpc) is 2.74. The van der Waals surface area contributed by atoms with Crippen molar-refractivity contribution in [2.75, 3.05) is 11.9 Å². The lowest BCUT2D eigenvalue weighted by atomic mass is 9.89. The quantitative estimate of drug-likeness (QED) is 0.866. The fourth-order valence-electron chi connectivity index (χ4n) is 2.52. The van der Waals surface area contributed by atoms with Gasteiger partial charge in [-0.25, -0.2) is 4.79 Å². The Balaban J connectivity index is 2.02. The summed E-state index contributed by atoms with van der Waals surface area (Å²) in [5.41, 5.74) is 1.39. The number of aromatic carboxylic acids is 1. The molecule has 0 unspecified atom stereocenters. The fourth-order valence-corrected chi connectivity index (χ4v) is 2.78. The second kappa shape index (κ2) is 5.19. The molecule has 4 heteroatoms. The van der Waals surface area contributed by atoms with Gasteiger partial charge in [-0.1, -0.05) is 31.4 Å². The number of carboxylic acid groups (broad SMARTS) is 1. The van der Waals surface area contributed by atoms with Crippen molar-refractivity contribution in [3.63, 3.8) is 0 Å². The highest BCUT2D eigenvalue weighted by atomic mass is 35.5. The van der Waals surface area contributed by atoms with E-state index in [0.29, 0.717) is 5.41 Å². The molecule has 2 rings (SSSR count). The van der Waals surface area contributed by atoms with E-state index < -0.39 is 5.97 Å². The Morgan fingerprint density at radius 1 is 1.44 bits per heavy atom. The van der Waals surface area contributed by atoms with Gasteiger partial charge >= 0.3 is 5.97 Å². The number of carbonyl (C=O) groups is 1. The van der Waals surface area contributed by atoms with Crippen LogP contribution in [0.3, 0.4) is 0 Å². The molecule has 0 bridgehead atoms. The molecule has 18 heavy (non-hydrogen) atoms. The van der Waals surface area contributed by atoms with Crippen LogP contribution < -0.4 is 5.32 Å². The number of carboxylic acids is 1. The van der Waals surface area contributed by atoms with E-state index >= 15 is 0 Å². The van der Waals surface area contributed by atoms with Crippen molar-refractivity contribution in [1.29, 1.82) is 0 Å². The minimum Gasteiger partial charge on any atom is -0.478 e. The molecular weight excluding hydrogens is 250 g/mol. The molecule has 98 valence electrons. The summed E-state index contributed by atoms with van der Waals surface area (Å²) in [6.45, 7) is 3.20. The minimum atomic E-state index is -0.991. The number of hydrogen-bond donors (Lipinski definition) is 2. The lowest BCUT2D eigenvalue weighted by molar-refractivity contribution is 0.0697. The highest BCUT2D eigenvalue weighted by molar-refractivity contribution is 6.33. The van der Waals surface area contributed by atoms with Crippen molar-refractivity contribution in [3.05, 3.63) is 28.8 Å². The molecule has 2 N–H and O–H groups in total. The Bertz CT molecular complexity index is 453. The van der Waals surface area contributed by atoms with Gasteiger partial charge in [-0.3, -0.25) is 0 Å². The zero-order chi connectivity index (χ0) is 13.2. The molecule has 0 saturated heterocycles. The van der Waals surface area contributed by atoms with E-state index in [1.807, 2.05) is 0 Å². The summed E-state index contributed by atoms with van der Waals surface area (Å²) in [5.74, 6) is -0.991. The van der Waals surface area contributed by atoms with Gasteiger partial charge in [0.25, 0.3) is 0 Å². The third-order valence-electron chi connectivity index (χ3n) is 3.73. The third kappa shape index (κ3) is 2.96. The van der Waals surface area contributed by atoms with E-state index in [0.717, 1.165) is 12.2 Å². The first-order chi connectivity index (χ1) is 8.50. The van der Waals surface area contributed by atoms with Gasteiger partial charge in [0.15, 0.2) is 0 Å². The van der Waals surface area contributed by atoms with Crippen LogP contribution in [0, 0.1) is 5.41 Å². The average molecular weight is 268 g/mol. The van der Waals surface area contributed by atoms with Crippen molar-refractivity contribution >= 4 is 23.3 Å². The molecule has 0 atom stereocenters. The van der Waals surface area contributed by atoms with Crippen LogP contribution in [0.2, 0.25) is 5.02 Å². The largest absolute Gasteiger partial charge is 0.478 e. The van der Waals surface area contributed by atoms with Gasteiger partial charge in [-0.2, -0.15) is 0 Å². The first-order valence-electron chi connectivity index (χ1n) is 6.27. The molecule has 1 fully saturated rings. The number of halogens is 1. The summed E-state index contributed by atoms with van der Waals surface area (Å²) in [4.78, 5) is 10.8. The van der Waals surface area contributed by atoms with Gasteiger partial charge in [0.1, 0.15) is 0 Å². The monoisotopic (exact) mass is 267 g/mol. The van der Waals surface area contributed by atoms with E-state index in [1.165, 1.54) is 25.7 Å². The zero-order valence-corrected chi connectivity index (χ0v) is 11.3. The van der Waals surface area contributed by atoms with Crippen LogP contribution in [0.15, 0.2) is 18.2 Å². The number of nitrogens with one attached hydrogen (secondary N) is 1. The Labute approximate surface area is 112 Å². The van der Waals surface area contributed by atoms with Crippen LogP contribution in [0.1, 0.15) is 43.0 Å². The first-order valence-corrected chi connectivity index (χ1v) is 6.65. The summed E-state index contributed by atoms with van der Waals surface area (Å²) >= 11 is 5.93. The molecule has 1 aliphatic rings. The van der Waals surface area contributed by atoms with Crippen LogP contribution in [0.4, 0.5) is 5.69 Å². The van der Waals surface area contributed by atoms with Crippen LogP contribution >= 0.6 is 11.6 Å². The van der Waals surface area contributed by atoms with Crippen molar-refractivity contribution < 1.29 is 9.90 Å². The summed E-state index contributed by atoms with van der Waals surface area (Å²) in [6.07, 6.45) is 5.11. The lowest BCUT2D eigenvalue weighted by Crippen LogP contribution is -2.22. The van der Waals surface area contributed by atoms with E-state index in [9.17, 15) is 4.79 Å². The smallest absolute Gasteiger partial charge is 0.337 e. The molecule has 0 heterocycles. The molecule has 1 saturated carbocycles. The molecule has 0 spiro atoms. The van der Waals surface area contributed by atoms with Crippen LogP contribution in [-0.2, 0) is 0 Å². The molecule has 0 aliphatic heterocycles. The maximum Gasteiger partial charge on any atom is 0.337 e. The maximum absolute atomic E-state index is 10.8. The second-order valence-electron chi connectivity index (χ2n) is 5.37. The number of anilines is 1. The van der Waals surface area contributed by atoms with Gasteiger partial charge in [-0.15, -0.1) is 0 Å². The Morgan fingerprint density at radius 2 is 2.11 bits per heavy atom. The van der Waals surface area contributed by atoms with Gasteiger partial charge in [0, 0.05) is 12.2 Å². The number of hydrogen-bond acceptors (Lipinski definition) is 2. The minimum absolute atomic E-state index is 0.147. The normalized spacial score (nSPS) is 17.7. The molecule has 0 radical (unpaired) electrons. The highest BCUT2D eigenvalue weighted by Crippen LogP contribution is 2.37. The van der Waals surface area contributed by atoms with E-state index in [4.69, 9.17) is 16.7 Å². The lowest BCUT2D eigenvalue weighted by Gasteiger charge is -2.24. The van der Waals surface area contributed by atoms with Gasteiger partial charge in [0.2, 0.25) is 0 Å². The molecule has 3 nitrogen and oxygen atoms in total.